The van der Waals surface area contributed by atoms with E-state index in [4.69, 9.17) is 0 Å². The van der Waals surface area contributed by atoms with Crippen LogP contribution in [0.1, 0.15) is 34.6 Å². The molecule has 0 saturated carbocycles. The van der Waals surface area contributed by atoms with Crippen LogP contribution in [0.25, 0.3) is 0 Å². The number of nitrogens with zero attached hydrogens (tertiary/aromatic N) is 1. The number of halogens is 1. The normalized spacial score (nSPS) is 13.5. The third-order valence-corrected chi connectivity index (χ3v) is 2.20. The molecule has 0 bridgehead atoms. The first-order valence-corrected chi connectivity index (χ1v) is 5.72. The Labute approximate surface area is 89.8 Å². The number of hydrogen-bond donors (Lipinski definition) is 0. The molecule has 0 aliphatic rings. The maximum absolute atomic E-state index is 11.7. The van der Waals surface area contributed by atoms with Gasteiger partial charge in [-0.25, -0.2) is 0 Å². The minimum absolute atomic E-state index is 0.0753. The Bertz CT molecular complexity index is 166. The zero-order valence-electron chi connectivity index (χ0n) is 9.17. The van der Waals surface area contributed by atoms with E-state index >= 15 is 0 Å². The van der Waals surface area contributed by atoms with Crippen molar-refractivity contribution in [3.63, 3.8) is 0 Å². The second-order valence-corrected chi connectivity index (χ2v) is 5.47. The minimum atomic E-state index is -0.0753. The zero-order chi connectivity index (χ0) is 10.6. The molecule has 13 heavy (non-hydrogen) atoms. The first-order valence-electron chi connectivity index (χ1n) is 4.80. The largest absolute Gasteiger partial charge is 0.339 e. The predicted molar refractivity (Wildman–Crippen MR) is 60.1 cm³/mol. The molecular weight excluding hydrogens is 230 g/mol. The average molecular weight is 250 g/mol. The van der Waals surface area contributed by atoms with Crippen LogP contribution >= 0.6 is 15.9 Å². The SMILES string of the molecule is CC(C)CN(C(=O)C(C)Br)C(C)C. The molecule has 3 heteroatoms. The average Bonchev–Trinajstić information content (AvgIpc) is 1.97. The minimum Gasteiger partial charge on any atom is -0.339 e. The molecule has 0 fully saturated rings. The van der Waals surface area contributed by atoms with E-state index in [1.165, 1.54) is 0 Å². The fourth-order valence-electron chi connectivity index (χ4n) is 1.18. The van der Waals surface area contributed by atoms with Crippen LogP contribution in [-0.2, 0) is 4.79 Å². The van der Waals surface area contributed by atoms with Gasteiger partial charge in [0.25, 0.3) is 0 Å². The highest BCUT2D eigenvalue weighted by Gasteiger charge is 2.21. The molecule has 0 radical (unpaired) electrons. The third-order valence-electron chi connectivity index (χ3n) is 1.81. The van der Waals surface area contributed by atoms with Crippen molar-refractivity contribution in [2.24, 2.45) is 5.92 Å². The van der Waals surface area contributed by atoms with Crippen molar-refractivity contribution < 1.29 is 4.79 Å². The number of carbonyl (C=O) groups excluding carboxylic acids is 1. The monoisotopic (exact) mass is 249 g/mol. The highest BCUT2D eigenvalue weighted by molar-refractivity contribution is 9.10. The number of carbonyl (C=O) groups is 1. The van der Waals surface area contributed by atoms with Gasteiger partial charge >= 0.3 is 0 Å². The van der Waals surface area contributed by atoms with Gasteiger partial charge in [0, 0.05) is 12.6 Å². The van der Waals surface area contributed by atoms with Crippen LogP contribution in [0.4, 0.5) is 0 Å². The van der Waals surface area contributed by atoms with Gasteiger partial charge in [0.2, 0.25) is 5.91 Å². The van der Waals surface area contributed by atoms with E-state index in [0.29, 0.717) is 5.92 Å². The van der Waals surface area contributed by atoms with E-state index in [2.05, 4.69) is 43.6 Å². The lowest BCUT2D eigenvalue weighted by Gasteiger charge is -2.29. The molecule has 1 unspecified atom stereocenters. The van der Waals surface area contributed by atoms with Crippen molar-refractivity contribution in [3.8, 4) is 0 Å². The van der Waals surface area contributed by atoms with Crippen LogP contribution < -0.4 is 0 Å². The number of amides is 1. The highest BCUT2D eigenvalue weighted by atomic mass is 79.9. The Balaban J connectivity index is 4.33. The number of rotatable bonds is 4. The molecule has 0 aromatic rings. The topological polar surface area (TPSA) is 20.3 Å². The molecule has 1 atom stereocenters. The second kappa shape index (κ2) is 5.63. The first-order chi connectivity index (χ1) is 5.86. The zero-order valence-corrected chi connectivity index (χ0v) is 10.8. The van der Waals surface area contributed by atoms with Crippen molar-refractivity contribution in [2.45, 2.75) is 45.5 Å². The van der Waals surface area contributed by atoms with Crippen LogP contribution in [0.5, 0.6) is 0 Å². The first kappa shape index (κ1) is 12.9. The summed E-state index contributed by atoms with van der Waals surface area (Å²) in [5.41, 5.74) is 0. The van der Waals surface area contributed by atoms with Gasteiger partial charge in [-0.2, -0.15) is 0 Å². The van der Waals surface area contributed by atoms with E-state index in [1.807, 2.05) is 11.8 Å². The lowest BCUT2D eigenvalue weighted by molar-refractivity contribution is -0.132. The number of hydrogen-bond acceptors (Lipinski definition) is 1. The molecular formula is C10H20BrNO. The molecule has 78 valence electrons. The fraction of sp³-hybridized carbons (Fsp3) is 0.900. The molecule has 0 aromatic heterocycles. The Kier molecular flexibility index (Phi) is 5.61. The summed E-state index contributed by atoms with van der Waals surface area (Å²) in [5.74, 6) is 0.710. The summed E-state index contributed by atoms with van der Waals surface area (Å²) in [7, 11) is 0. The van der Waals surface area contributed by atoms with Gasteiger partial charge in [-0.3, -0.25) is 4.79 Å². The van der Waals surface area contributed by atoms with Crippen molar-refractivity contribution in [3.05, 3.63) is 0 Å². The maximum Gasteiger partial charge on any atom is 0.236 e. The van der Waals surface area contributed by atoms with Gasteiger partial charge in [-0.05, 0) is 26.7 Å². The highest BCUT2D eigenvalue weighted by Crippen LogP contribution is 2.10. The molecule has 0 rings (SSSR count). The van der Waals surface area contributed by atoms with Gasteiger partial charge in [0.1, 0.15) is 0 Å². The van der Waals surface area contributed by atoms with Crippen LogP contribution in [-0.4, -0.2) is 28.2 Å². The summed E-state index contributed by atoms with van der Waals surface area (Å²) >= 11 is 3.31. The molecule has 0 spiro atoms. The Morgan fingerprint density at radius 1 is 1.23 bits per heavy atom. The van der Waals surface area contributed by atoms with Crippen LogP contribution in [0.3, 0.4) is 0 Å². The molecule has 1 amide bonds. The van der Waals surface area contributed by atoms with Crippen LogP contribution in [0.2, 0.25) is 0 Å². The van der Waals surface area contributed by atoms with Crippen LogP contribution in [0, 0.1) is 5.92 Å². The second-order valence-electron chi connectivity index (χ2n) is 4.09. The van der Waals surface area contributed by atoms with Gasteiger partial charge in [0.05, 0.1) is 4.83 Å². The molecule has 0 aliphatic heterocycles. The molecule has 0 saturated heterocycles. The molecule has 0 aliphatic carbocycles. The van der Waals surface area contributed by atoms with Gasteiger partial charge in [-0.1, -0.05) is 29.8 Å². The predicted octanol–water partition coefficient (Wildman–Crippen LogP) is 2.66. The quantitative estimate of drug-likeness (QED) is 0.702. The van der Waals surface area contributed by atoms with E-state index < -0.39 is 0 Å². The molecule has 0 N–H and O–H groups in total. The number of alkyl halides is 1. The van der Waals surface area contributed by atoms with Crippen LogP contribution in [0.15, 0.2) is 0 Å². The summed E-state index contributed by atoms with van der Waals surface area (Å²) in [4.78, 5) is 13.5. The molecule has 0 heterocycles. The summed E-state index contributed by atoms with van der Waals surface area (Å²) in [6.45, 7) is 11.1. The van der Waals surface area contributed by atoms with Crippen molar-refractivity contribution in [1.29, 1.82) is 0 Å². The summed E-state index contributed by atoms with van der Waals surface area (Å²) in [5, 5.41) is 0. The van der Waals surface area contributed by atoms with E-state index in [9.17, 15) is 4.79 Å². The van der Waals surface area contributed by atoms with E-state index in [1.54, 1.807) is 0 Å². The molecule has 2 nitrogen and oxygen atoms in total. The lowest BCUT2D eigenvalue weighted by Crippen LogP contribution is -2.42. The smallest absolute Gasteiger partial charge is 0.236 e. The fourth-order valence-corrected chi connectivity index (χ4v) is 1.44. The van der Waals surface area contributed by atoms with Gasteiger partial charge in [-0.15, -0.1) is 0 Å². The van der Waals surface area contributed by atoms with E-state index in [0.717, 1.165) is 6.54 Å². The van der Waals surface area contributed by atoms with Crippen molar-refractivity contribution >= 4 is 21.8 Å². The van der Waals surface area contributed by atoms with Crippen molar-refractivity contribution in [2.75, 3.05) is 6.54 Å². The van der Waals surface area contributed by atoms with Gasteiger partial charge in [0.15, 0.2) is 0 Å². The summed E-state index contributed by atoms with van der Waals surface area (Å²) in [6, 6.07) is 0.287. The third kappa shape index (κ3) is 4.65. The summed E-state index contributed by atoms with van der Waals surface area (Å²) in [6.07, 6.45) is 0. The Hall–Kier alpha value is -0.0500. The van der Waals surface area contributed by atoms with Gasteiger partial charge < -0.3 is 4.90 Å². The molecule has 0 aromatic carbocycles. The Morgan fingerprint density at radius 3 is 1.92 bits per heavy atom. The lowest BCUT2D eigenvalue weighted by atomic mass is 10.1. The van der Waals surface area contributed by atoms with E-state index in [-0.39, 0.29) is 16.8 Å². The standard InChI is InChI=1S/C10H20BrNO/c1-7(2)6-12(8(3)4)10(13)9(5)11/h7-9H,6H2,1-5H3. The Morgan fingerprint density at radius 2 is 1.69 bits per heavy atom. The van der Waals surface area contributed by atoms with Crippen molar-refractivity contribution in [1.82, 2.24) is 4.90 Å². The summed E-state index contributed by atoms with van der Waals surface area (Å²) < 4.78 is 0. The maximum atomic E-state index is 11.7.